The summed E-state index contributed by atoms with van der Waals surface area (Å²) in [5.74, 6) is 1.65. The van der Waals surface area contributed by atoms with E-state index in [1.165, 1.54) is 0 Å². The van der Waals surface area contributed by atoms with E-state index in [-0.39, 0.29) is 11.2 Å². The third-order valence-electron chi connectivity index (χ3n) is 2.90. The Balaban J connectivity index is 2.66. The molecule has 20 heavy (non-hydrogen) atoms. The third-order valence-corrected chi connectivity index (χ3v) is 3.92. The number of hydrogen-bond acceptors (Lipinski definition) is 4. The third kappa shape index (κ3) is 3.03. The molecular weight excluding hydrogens is 365 g/mol. The van der Waals surface area contributed by atoms with Crippen molar-refractivity contribution in [1.29, 1.82) is 0 Å². The second-order valence-electron chi connectivity index (χ2n) is 5.61. The summed E-state index contributed by atoms with van der Waals surface area (Å²) in [4.78, 5) is 9.23. The Labute approximate surface area is 132 Å². The summed E-state index contributed by atoms with van der Waals surface area (Å²) in [7, 11) is 1.85. The number of hydrogen-bond donors (Lipinski definition) is 2. The van der Waals surface area contributed by atoms with Crippen molar-refractivity contribution in [2.24, 2.45) is 0 Å². The van der Waals surface area contributed by atoms with E-state index >= 15 is 0 Å². The molecule has 0 saturated heterocycles. The lowest BCUT2D eigenvalue weighted by Crippen LogP contribution is -2.18. The molecule has 1 aromatic heterocycles. The van der Waals surface area contributed by atoms with Gasteiger partial charge < -0.3 is 10.4 Å². The van der Waals surface area contributed by atoms with Gasteiger partial charge in [-0.3, -0.25) is 0 Å². The highest BCUT2D eigenvalue weighted by Gasteiger charge is 2.23. The summed E-state index contributed by atoms with van der Waals surface area (Å²) in [5.41, 5.74) is 1.73. The highest BCUT2D eigenvalue weighted by molar-refractivity contribution is 14.1. The van der Waals surface area contributed by atoms with E-state index in [2.05, 4.69) is 53.7 Å². The summed E-state index contributed by atoms with van der Waals surface area (Å²) in [6.07, 6.45) is 0. The molecule has 5 heteroatoms. The summed E-state index contributed by atoms with van der Waals surface area (Å²) in [5, 5.41) is 12.7. The normalized spacial score (nSPS) is 11.4. The van der Waals surface area contributed by atoms with Crippen LogP contribution in [0.25, 0.3) is 11.4 Å². The fourth-order valence-electron chi connectivity index (χ4n) is 1.88. The predicted octanol–water partition coefficient (Wildman–Crippen LogP) is 3.79. The molecule has 0 atom stereocenters. The van der Waals surface area contributed by atoms with Gasteiger partial charge in [-0.25, -0.2) is 9.97 Å². The average molecular weight is 383 g/mol. The highest BCUT2D eigenvalue weighted by Crippen LogP contribution is 2.32. The van der Waals surface area contributed by atoms with Crippen LogP contribution in [0.2, 0.25) is 0 Å². The molecule has 0 aliphatic carbocycles. The Morgan fingerprint density at radius 3 is 2.45 bits per heavy atom. The van der Waals surface area contributed by atoms with E-state index in [0.29, 0.717) is 5.82 Å². The Hall–Kier alpha value is -1.37. The zero-order valence-electron chi connectivity index (χ0n) is 12.0. The van der Waals surface area contributed by atoms with Crippen LogP contribution in [-0.2, 0) is 5.41 Å². The molecule has 0 bridgehead atoms. The molecule has 0 saturated carbocycles. The molecule has 0 aliphatic heterocycles. The minimum Gasteiger partial charge on any atom is -0.508 e. The van der Waals surface area contributed by atoms with E-state index in [4.69, 9.17) is 4.98 Å². The van der Waals surface area contributed by atoms with Crippen LogP contribution in [0.5, 0.6) is 5.75 Å². The van der Waals surface area contributed by atoms with Gasteiger partial charge in [0.1, 0.15) is 11.6 Å². The van der Waals surface area contributed by atoms with Crippen LogP contribution < -0.4 is 5.32 Å². The van der Waals surface area contributed by atoms with Crippen molar-refractivity contribution >= 4 is 28.4 Å². The largest absolute Gasteiger partial charge is 0.508 e. The van der Waals surface area contributed by atoms with Crippen molar-refractivity contribution < 1.29 is 5.11 Å². The van der Waals surface area contributed by atoms with Crippen molar-refractivity contribution in [2.45, 2.75) is 26.2 Å². The molecule has 0 amide bonds. The first-order chi connectivity index (χ1) is 9.32. The molecule has 1 aromatic carbocycles. The minimum absolute atomic E-state index is 0.0728. The van der Waals surface area contributed by atoms with Crippen LogP contribution in [0.3, 0.4) is 0 Å². The van der Waals surface area contributed by atoms with Crippen molar-refractivity contribution in [2.75, 3.05) is 12.4 Å². The number of aromatic nitrogens is 2. The molecule has 2 N–H and O–H groups in total. The zero-order valence-corrected chi connectivity index (χ0v) is 14.2. The Morgan fingerprint density at radius 2 is 1.90 bits per heavy atom. The van der Waals surface area contributed by atoms with Gasteiger partial charge in [-0.05, 0) is 34.7 Å². The maximum Gasteiger partial charge on any atom is 0.161 e. The number of halogens is 1. The standard InChI is InChI=1S/C15H18IN3O/c1-15(2,3)12-11(16)14(17-4)19-13(18-12)9-6-5-7-10(20)8-9/h5-8,20H,1-4H3,(H,17,18,19). The predicted molar refractivity (Wildman–Crippen MR) is 90.1 cm³/mol. The SMILES string of the molecule is CNc1nc(-c2cccc(O)c2)nc(C(C)(C)C)c1I. The number of anilines is 1. The van der Waals surface area contributed by atoms with Gasteiger partial charge in [0.2, 0.25) is 0 Å². The van der Waals surface area contributed by atoms with Crippen molar-refractivity contribution in [3.63, 3.8) is 0 Å². The van der Waals surface area contributed by atoms with Gasteiger partial charge in [-0.2, -0.15) is 0 Å². The van der Waals surface area contributed by atoms with Crippen LogP contribution in [0, 0.1) is 3.57 Å². The van der Waals surface area contributed by atoms with Crippen molar-refractivity contribution in [3.05, 3.63) is 33.5 Å². The van der Waals surface area contributed by atoms with Crippen LogP contribution in [0.15, 0.2) is 24.3 Å². The van der Waals surface area contributed by atoms with Crippen molar-refractivity contribution in [1.82, 2.24) is 9.97 Å². The number of benzene rings is 1. The number of rotatable bonds is 2. The highest BCUT2D eigenvalue weighted by atomic mass is 127. The summed E-state index contributed by atoms with van der Waals surface area (Å²) in [6, 6.07) is 7.00. The molecule has 0 radical (unpaired) electrons. The van der Waals surface area contributed by atoms with E-state index in [9.17, 15) is 5.11 Å². The molecule has 0 aliphatic rings. The molecular formula is C15H18IN3O. The monoisotopic (exact) mass is 383 g/mol. The van der Waals surface area contributed by atoms with Crippen LogP contribution in [0.4, 0.5) is 5.82 Å². The first-order valence-electron chi connectivity index (χ1n) is 6.38. The maximum absolute atomic E-state index is 9.61. The fraction of sp³-hybridized carbons (Fsp3) is 0.333. The Kier molecular flexibility index (Phi) is 4.17. The lowest BCUT2D eigenvalue weighted by molar-refractivity contribution is 0.475. The molecule has 106 valence electrons. The smallest absolute Gasteiger partial charge is 0.161 e. The molecule has 1 heterocycles. The fourth-order valence-corrected chi connectivity index (χ4v) is 3.20. The Morgan fingerprint density at radius 1 is 1.20 bits per heavy atom. The van der Waals surface area contributed by atoms with Gasteiger partial charge in [0.15, 0.2) is 5.82 Å². The maximum atomic E-state index is 9.61. The van der Waals surface area contributed by atoms with E-state index in [0.717, 1.165) is 20.6 Å². The van der Waals surface area contributed by atoms with Crippen LogP contribution in [-0.4, -0.2) is 22.1 Å². The molecule has 2 rings (SSSR count). The first-order valence-corrected chi connectivity index (χ1v) is 7.46. The van der Waals surface area contributed by atoms with E-state index in [1.54, 1.807) is 18.2 Å². The zero-order chi connectivity index (χ0) is 14.9. The van der Waals surface area contributed by atoms with Crippen LogP contribution in [0.1, 0.15) is 26.5 Å². The van der Waals surface area contributed by atoms with E-state index in [1.807, 2.05) is 13.1 Å². The summed E-state index contributed by atoms with van der Waals surface area (Å²) >= 11 is 2.27. The topological polar surface area (TPSA) is 58.0 Å². The molecule has 0 unspecified atom stereocenters. The number of nitrogens with zero attached hydrogens (tertiary/aromatic N) is 2. The van der Waals surface area contributed by atoms with Gasteiger partial charge in [0.25, 0.3) is 0 Å². The van der Waals surface area contributed by atoms with Gasteiger partial charge in [-0.15, -0.1) is 0 Å². The number of phenols is 1. The number of aromatic hydroxyl groups is 1. The quantitative estimate of drug-likeness (QED) is 0.775. The number of phenolic OH excluding ortho intramolecular Hbond substituents is 1. The second kappa shape index (κ2) is 5.55. The van der Waals surface area contributed by atoms with Crippen LogP contribution >= 0.6 is 22.6 Å². The van der Waals surface area contributed by atoms with E-state index < -0.39 is 0 Å². The molecule has 4 nitrogen and oxygen atoms in total. The second-order valence-corrected chi connectivity index (χ2v) is 6.69. The summed E-state index contributed by atoms with van der Waals surface area (Å²) in [6.45, 7) is 6.38. The lowest BCUT2D eigenvalue weighted by Gasteiger charge is -2.21. The van der Waals surface area contributed by atoms with Gasteiger partial charge in [0.05, 0.1) is 9.26 Å². The lowest BCUT2D eigenvalue weighted by atomic mass is 9.91. The van der Waals surface area contributed by atoms with Gasteiger partial charge in [-0.1, -0.05) is 32.9 Å². The Bertz CT molecular complexity index is 636. The van der Waals surface area contributed by atoms with Crippen molar-refractivity contribution in [3.8, 4) is 17.1 Å². The molecule has 2 aromatic rings. The molecule has 0 fully saturated rings. The number of nitrogens with one attached hydrogen (secondary N) is 1. The molecule has 0 spiro atoms. The summed E-state index contributed by atoms with van der Waals surface area (Å²) < 4.78 is 1.03. The first kappa shape index (κ1) is 15.0. The van der Waals surface area contributed by atoms with Gasteiger partial charge in [0, 0.05) is 18.0 Å². The minimum atomic E-state index is -0.0728. The average Bonchev–Trinajstić information content (AvgIpc) is 2.37. The van der Waals surface area contributed by atoms with Gasteiger partial charge >= 0.3 is 0 Å².